The molecule has 0 radical (unpaired) electrons. The van der Waals surface area contributed by atoms with Crippen molar-refractivity contribution in [1.29, 1.82) is 0 Å². The SMILES string of the molecule is CCC(CC)NC(=O)COC(=O)c1sc2ccccc2c1Cl. The third-order valence-electron chi connectivity index (χ3n) is 3.41. The zero-order chi connectivity index (χ0) is 16.1. The molecule has 1 heterocycles. The predicted octanol–water partition coefficient (Wildman–Crippen LogP) is 4.02. The first kappa shape index (κ1) is 16.8. The van der Waals surface area contributed by atoms with Crippen LogP contribution in [-0.4, -0.2) is 24.5 Å². The highest BCUT2D eigenvalue weighted by Gasteiger charge is 2.19. The number of thiophene rings is 1. The zero-order valence-electron chi connectivity index (χ0n) is 12.5. The number of carbonyl (C=O) groups is 2. The van der Waals surface area contributed by atoms with Gasteiger partial charge < -0.3 is 10.1 Å². The Kier molecular flexibility index (Phi) is 5.80. The van der Waals surface area contributed by atoms with E-state index in [0.29, 0.717) is 9.90 Å². The minimum atomic E-state index is -0.564. The fourth-order valence-corrected chi connectivity index (χ4v) is 3.51. The molecule has 0 spiro atoms. The van der Waals surface area contributed by atoms with Crippen LogP contribution in [0.5, 0.6) is 0 Å². The van der Waals surface area contributed by atoms with E-state index in [4.69, 9.17) is 16.3 Å². The van der Waals surface area contributed by atoms with Crippen LogP contribution < -0.4 is 5.32 Å². The van der Waals surface area contributed by atoms with E-state index in [-0.39, 0.29) is 18.6 Å². The van der Waals surface area contributed by atoms with E-state index in [0.717, 1.165) is 22.9 Å². The maximum Gasteiger partial charge on any atom is 0.350 e. The van der Waals surface area contributed by atoms with Gasteiger partial charge in [0, 0.05) is 16.1 Å². The van der Waals surface area contributed by atoms with Crippen LogP contribution in [-0.2, 0) is 9.53 Å². The van der Waals surface area contributed by atoms with Crippen molar-refractivity contribution in [2.24, 2.45) is 0 Å². The third kappa shape index (κ3) is 3.78. The smallest absolute Gasteiger partial charge is 0.350 e. The van der Waals surface area contributed by atoms with E-state index in [9.17, 15) is 9.59 Å². The highest BCUT2D eigenvalue weighted by atomic mass is 35.5. The number of nitrogens with one attached hydrogen (secondary N) is 1. The molecule has 1 amide bonds. The van der Waals surface area contributed by atoms with Crippen LogP contribution in [0.15, 0.2) is 24.3 Å². The molecule has 1 aromatic carbocycles. The number of amides is 1. The van der Waals surface area contributed by atoms with Crippen LogP contribution >= 0.6 is 22.9 Å². The van der Waals surface area contributed by atoms with Gasteiger partial charge in [-0.1, -0.05) is 43.6 Å². The number of esters is 1. The molecular weight excluding hydrogens is 322 g/mol. The lowest BCUT2D eigenvalue weighted by atomic mass is 10.2. The van der Waals surface area contributed by atoms with Crippen molar-refractivity contribution in [1.82, 2.24) is 5.32 Å². The summed E-state index contributed by atoms with van der Waals surface area (Å²) < 4.78 is 5.98. The van der Waals surface area contributed by atoms with Crippen LogP contribution in [0.2, 0.25) is 5.02 Å². The van der Waals surface area contributed by atoms with Crippen LogP contribution in [0.4, 0.5) is 0 Å². The monoisotopic (exact) mass is 339 g/mol. The normalized spacial score (nSPS) is 10.9. The average molecular weight is 340 g/mol. The second-order valence-electron chi connectivity index (χ2n) is 4.90. The standard InChI is InChI=1S/C16H18ClNO3S/c1-3-10(4-2)18-13(19)9-21-16(20)15-14(17)11-7-5-6-8-12(11)22-15/h5-8,10H,3-4,9H2,1-2H3,(H,18,19). The molecule has 118 valence electrons. The Balaban J connectivity index is 1.99. The molecule has 0 aliphatic heterocycles. The van der Waals surface area contributed by atoms with Crippen molar-refractivity contribution in [3.8, 4) is 0 Å². The number of hydrogen-bond acceptors (Lipinski definition) is 4. The predicted molar refractivity (Wildman–Crippen MR) is 89.6 cm³/mol. The van der Waals surface area contributed by atoms with E-state index < -0.39 is 5.97 Å². The minimum Gasteiger partial charge on any atom is -0.451 e. The molecule has 2 aromatic rings. The molecule has 0 saturated heterocycles. The van der Waals surface area contributed by atoms with Gasteiger partial charge in [0.15, 0.2) is 6.61 Å². The van der Waals surface area contributed by atoms with Gasteiger partial charge in [-0.3, -0.25) is 4.79 Å². The molecule has 0 aliphatic rings. The molecular formula is C16H18ClNO3S. The lowest BCUT2D eigenvalue weighted by molar-refractivity contribution is -0.125. The molecule has 6 heteroatoms. The maximum absolute atomic E-state index is 12.1. The summed E-state index contributed by atoms with van der Waals surface area (Å²) >= 11 is 7.47. The summed E-state index contributed by atoms with van der Waals surface area (Å²) in [6.07, 6.45) is 1.69. The van der Waals surface area contributed by atoms with E-state index in [1.807, 2.05) is 38.1 Å². The van der Waals surface area contributed by atoms with Gasteiger partial charge in [-0.15, -0.1) is 11.3 Å². The van der Waals surface area contributed by atoms with Crippen molar-refractivity contribution in [2.45, 2.75) is 32.7 Å². The lowest BCUT2D eigenvalue weighted by Gasteiger charge is -2.14. The van der Waals surface area contributed by atoms with Crippen LogP contribution in [0.25, 0.3) is 10.1 Å². The third-order valence-corrected chi connectivity index (χ3v) is 5.06. The fourth-order valence-electron chi connectivity index (χ4n) is 2.10. The second-order valence-corrected chi connectivity index (χ2v) is 6.33. The Morgan fingerprint density at radius 3 is 2.59 bits per heavy atom. The summed E-state index contributed by atoms with van der Waals surface area (Å²) in [6, 6.07) is 7.60. The maximum atomic E-state index is 12.1. The minimum absolute atomic E-state index is 0.110. The molecule has 2 rings (SSSR count). The van der Waals surface area contributed by atoms with Gasteiger partial charge in [0.1, 0.15) is 4.88 Å². The van der Waals surface area contributed by atoms with E-state index in [1.54, 1.807) is 0 Å². The van der Waals surface area contributed by atoms with E-state index in [2.05, 4.69) is 5.32 Å². The Hall–Kier alpha value is -1.59. The van der Waals surface area contributed by atoms with Crippen molar-refractivity contribution in [3.63, 3.8) is 0 Å². The number of benzene rings is 1. The average Bonchev–Trinajstić information content (AvgIpc) is 2.88. The molecule has 0 aliphatic carbocycles. The van der Waals surface area contributed by atoms with Gasteiger partial charge >= 0.3 is 5.97 Å². The highest BCUT2D eigenvalue weighted by Crippen LogP contribution is 2.35. The summed E-state index contributed by atoms with van der Waals surface area (Å²) in [7, 11) is 0. The first-order valence-electron chi connectivity index (χ1n) is 7.20. The van der Waals surface area contributed by atoms with Gasteiger partial charge in [-0.2, -0.15) is 0 Å². The number of ether oxygens (including phenoxy) is 1. The molecule has 0 fully saturated rings. The summed E-state index contributed by atoms with van der Waals surface area (Å²) in [5.74, 6) is -0.856. The Bertz CT molecular complexity index is 679. The van der Waals surface area contributed by atoms with Crippen molar-refractivity contribution >= 4 is 44.9 Å². The molecule has 1 aromatic heterocycles. The topological polar surface area (TPSA) is 55.4 Å². The summed E-state index contributed by atoms with van der Waals surface area (Å²) in [5.41, 5.74) is 0. The molecule has 22 heavy (non-hydrogen) atoms. The molecule has 0 saturated carbocycles. The van der Waals surface area contributed by atoms with Crippen LogP contribution in [0.3, 0.4) is 0 Å². The highest BCUT2D eigenvalue weighted by molar-refractivity contribution is 7.21. The second kappa shape index (κ2) is 7.61. The molecule has 1 N–H and O–H groups in total. The Labute approximate surface area is 138 Å². The summed E-state index contributed by atoms with van der Waals surface area (Å²) in [5, 5.41) is 4.02. The molecule has 0 bridgehead atoms. The summed E-state index contributed by atoms with van der Waals surface area (Å²) in [4.78, 5) is 24.2. The number of carbonyl (C=O) groups excluding carboxylic acids is 2. The number of rotatable bonds is 6. The Morgan fingerprint density at radius 1 is 1.27 bits per heavy atom. The van der Waals surface area contributed by atoms with Crippen molar-refractivity contribution in [2.75, 3.05) is 6.61 Å². The lowest BCUT2D eigenvalue weighted by Crippen LogP contribution is -2.36. The van der Waals surface area contributed by atoms with Gasteiger partial charge in [0.25, 0.3) is 5.91 Å². The number of fused-ring (bicyclic) bond motifs is 1. The number of hydrogen-bond donors (Lipinski definition) is 1. The van der Waals surface area contributed by atoms with E-state index >= 15 is 0 Å². The first-order chi connectivity index (χ1) is 10.6. The first-order valence-corrected chi connectivity index (χ1v) is 8.39. The fraction of sp³-hybridized carbons (Fsp3) is 0.375. The Morgan fingerprint density at radius 2 is 1.95 bits per heavy atom. The largest absolute Gasteiger partial charge is 0.451 e. The van der Waals surface area contributed by atoms with Gasteiger partial charge in [-0.05, 0) is 18.9 Å². The van der Waals surface area contributed by atoms with Crippen molar-refractivity contribution in [3.05, 3.63) is 34.2 Å². The van der Waals surface area contributed by atoms with Gasteiger partial charge in [-0.25, -0.2) is 4.79 Å². The molecule has 0 atom stereocenters. The van der Waals surface area contributed by atoms with Crippen LogP contribution in [0.1, 0.15) is 36.4 Å². The van der Waals surface area contributed by atoms with E-state index in [1.165, 1.54) is 11.3 Å². The number of halogens is 1. The molecule has 0 unspecified atom stereocenters. The van der Waals surface area contributed by atoms with Gasteiger partial charge in [0.2, 0.25) is 0 Å². The zero-order valence-corrected chi connectivity index (χ0v) is 14.1. The quantitative estimate of drug-likeness (QED) is 0.809. The van der Waals surface area contributed by atoms with Gasteiger partial charge in [0.05, 0.1) is 5.02 Å². The summed E-state index contributed by atoms with van der Waals surface area (Å²) in [6.45, 7) is 3.70. The van der Waals surface area contributed by atoms with Crippen molar-refractivity contribution < 1.29 is 14.3 Å². The van der Waals surface area contributed by atoms with Crippen LogP contribution in [0, 0.1) is 0 Å². The molecule has 4 nitrogen and oxygen atoms in total.